The fraction of sp³-hybridized carbons (Fsp3) is 0.571. The Morgan fingerprint density at radius 3 is 2.70 bits per heavy atom. The monoisotopic (exact) mass is 143 g/mol. The summed E-state index contributed by atoms with van der Waals surface area (Å²) in [6, 6.07) is 0. The van der Waals surface area contributed by atoms with E-state index in [0.29, 0.717) is 13.1 Å². The van der Waals surface area contributed by atoms with Crippen molar-refractivity contribution in [2.24, 2.45) is 0 Å². The number of carbonyl (C=O) groups is 1. The van der Waals surface area contributed by atoms with E-state index in [1.807, 2.05) is 6.92 Å². The summed E-state index contributed by atoms with van der Waals surface area (Å²) in [5.74, 6) is 0. The van der Waals surface area contributed by atoms with Crippen LogP contribution in [0, 0.1) is 0 Å². The highest BCUT2D eigenvalue weighted by Crippen LogP contribution is 1.91. The van der Waals surface area contributed by atoms with Crippen LogP contribution in [0.15, 0.2) is 12.7 Å². The predicted molar refractivity (Wildman–Crippen MR) is 39.8 cm³/mol. The Kier molecular flexibility index (Phi) is 4.37. The van der Waals surface area contributed by atoms with Crippen molar-refractivity contribution >= 4 is 6.09 Å². The van der Waals surface area contributed by atoms with Gasteiger partial charge in [0.2, 0.25) is 0 Å². The zero-order chi connectivity index (χ0) is 7.98. The van der Waals surface area contributed by atoms with Crippen molar-refractivity contribution in [2.75, 3.05) is 20.2 Å². The SMILES string of the molecule is C=CCN(CC)C(=O)OC. The van der Waals surface area contributed by atoms with Crippen LogP contribution >= 0.6 is 0 Å². The molecule has 0 aromatic rings. The van der Waals surface area contributed by atoms with Crippen LogP contribution in [0.1, 0.15) is 6.92 Å². The van der Waals surface area contributed by atoms with Gasteiger partial charge in [0, 0.05) is 13.1 Å². The van der Waals surface area contributed by atoms with Gasteiger partial charge in [0.25, 0.3) is 0 Å². The number of nitrogens with zero attached hydrogens (tertiary/aromatic N) is 1. The van der Waals surface area contributed by atoms with Crippen molar-refractivity contribution in [1.82, 2.24) is 4.90 Å². The molecule has 0 aliphatic carbocycles. The number of hydrogen-bond acceptors (Lipinski definition) is 2. The largest absolute Gasteiger partial charge is 0.453 e. The standard InChI is InChI=1S/C7H13NO2/c1-4-6-8(5-2)7(9)10-3/h4H,1,5-6H2,2-3H3. The molecular formula is C7H13NO2. The molecular weight excluding hydrogens is 130 g/mol. The number of rotatable bonds is 3. The maximum absolute atomic E-state index is 10.8. The lowest BCUT2D eigenvalue weighted by Gasteiger charge is -2.16. The second-order valence-electron chi connectivity index (χ2n) is 1.80. The molecule has 0 aromatic heterocycles. The molecule has 0 N–H and O–H groups in total. The quantitative estimate of drug-likeness (QED) is 0.556. The number of methoxy groups -OCH3 is 1. The van der Waals surface area contributed by atoms with Crippen molar-refractivity contribution in [3.05, 3.63) is 12.7 Å². The van der Waals surface area contributed by atoms with Crippen molar-refractivity contribution in [3.8, 4) is 0 Å². The normalized spacial score (nSPS) is 8.60. The maximum atomic E-state index is 10.8. The predicted octanol–water partition coefficient (Wildman–Crippen LogP) is 1.26. The Morgan fingerprint density at radius 2 is 2.40 bits per heavy atom. The number of amides is 1. The number of ether oxygens (including phenoxy) is 1. The lowest BCUT2D eigenvalue weighted by molar-refractivity contribution is 0.130. The third-order valence-electron chi connectivity index (χ3n) is 1.16. The minimum atomic E-state index is -0.303. The molecule has 0 unspecified atom stereocenters. The fourth-order valence-electron chi connectivity index (χ4n) is 0.618. The molecule has 1 amide bonds. The molecule has 0 atom stereocenters. The molecule has 0 rings (SSSR count). The van der Waals surface area contributed by atoms with E-state index in [9.17, 15) is 4.79 Å². The van der Waals surface area contributed by atoms with Gasteiger partial charge in [0.15, 0.2) is 0 Å². The molecule has 0 aliphatic heterocycles. The third kappa shape index (κ3) is 2.53. The van der Waals surface area contributed by atoms with Gasteiger partial charge in [-0.1, -0.05) is 6.08 Å². The van der Waals surface area contributed by atoms with Crippen LogP contribution in [0.2, 0.25) is 0 Å². The van der Waals surface area contributed by atoms with Gasteiger partial charge in [0.1, 0.15) is 0 Å². The average Bonchev–Trinajstić information content (AvgIpc) is 1.99. The molecule has 0 bridgehead atoms. The van der Waals surface area contributed by atoms with E-state index in [1.54, 1.807) is 11.0 Å². The zero-order valence-electron chi connectivity index (χ0n) is 6.46. The lowest BCUT2D eigenvalue weighted by atomic mass is 10.5. The summed E-state index contributed by atoms with van der Waals surface area (Å²) in [5, 5.41) is 0. The van der Waals surface area contributed by atoms with Gasteiger partial charge in [-0.25, -0.2) is 4.79 Å². The molecule has 58 valence electrons. The Morgan fingerprint density at radius 1 is 1.80 bits per heavy atom. The summed E-state index contributed by atoms with van der Waals surface area (Å²) in [4.78, 5) is 12.3. The molecule has 0 radical (unpaired) electrons. The Labute approximate surface area is 61.3 Å². The van der Waals surface area contributed by atoms with E-state index in [-0.39, 0.29) is 6.09 Å². The molecule has 3 nitrogen and oxygen atoms in total. The van der Waals surface area contributed by atoms with Gasteiger partial charge in [0.05, 0.1) is 7.11 Å². The molecule has 0 fully saturated rings. The van der Waals surface area contributed by atoms with E-state index in [2.05, 4.69) is 11.3 Å². The first-order chi connectivity index (χ1) is 4.76. The van der Waals surface area contributed by atoms with Crippen LogP contribution in [-0.2, 0) is 4.74 Å². The topological polar surface area (TPSA) is 29.5 Å². The zero-order valence-corrected chi connectivity index (χ0v) is 6.46. The van der Waals surface area contributed by atoms with Gasteiger partial charge in [-0.2, -0.15) is 0 Å². The first-order valence-corrected chi connectivity index (χ1v) is 3.20. The second kappa shape index (κ2) is 4.85. The second-order valence-corrected chi connectivity index (χ2v) is 1.80. The molecule has 10 heavy (non-hydrogen) atoms. The summed E-state index contributed by atoms with van der Waals surface area (Å²) in [6.45, 7) is 6.60. The van der Waals surface area contributed by atoms with Gasteiger partial charge in [-0.15, -0.1) is 6.58 Å². The Hall–Kier alpha value is -0.990. The van der Waals surface area contributed by atoms with Crippen LogP contribution < -0.4 is 0 Å². The van der Waals surface area contributed by atoms with Gasteiger partial charge in [-0.3, -0.25) is 0 Å². The van der Waals surface area contributed by atoms with Gasteiger partial charge in [-0.05, 0) is 6.92 Å². The summed E-state index contributed by atoms with van der Waals surface area (Å²) in [5.41, 5.74) is 0. The Bertz CT molecular complexity index is 123. The summed E-state index contributed by atoms with van der Waals surface area (Å²) < 4.78 is 4.50. The van der Waals surface area contributed by atoms with Gasteiger partial charge >= 0.3 is 6.09 Å². The van der Waals surface area contributed by atoms with E-state index >= 15 is 0 Å². The fourth-order valence-corrected chi connectivity index (χ4v) is 0.618. The number of hydrogen-bond donors (Lipinski definition) is 0. The molecule has 0 spiro atoms. The minimum Gasteiger partial charge on any atom is -0.453 e. The summed E-state index contributed by atoms with van der Waals surface area (Å²) in [7, 11) is 1.37. The van der Waals surface area contributed by atoms with Crippen LogP contribution in [0.3, 0.4) is 0 Å². The van der Waals surface area contributed by atoms with Crippen molar-refractivity contribution in [3.63, 3.8) is 0 Å². The average molecular weight is 143 g/mol. The van der Waals surface area contributed by atoms with Gasteiger partial charge < -0.3 is 9.64 Å². The smallest absolute Gasteiger partial charge is 0.409 e. The maximum Gasteiger partial charge on any atom is 0.409 e. The molecule has 0 aliphatic rings. The molecule has 0 saturated heterocycles. The third-order valence-corrected chi connectivity index (χ3v) is 1.16. The van der Waals surface area contributed by atoms with Crippen LogP contribution in [0.4, 0.5) is 4.79 Å². The highest BCUT2D eigenvalue weighted by atomic mass is 16.5. The summed E-state index contributed by atoms with van der Waals surface area (Å²) >= 11 is 0. The highest BCUT2D eigenvalue weighted by Gasteiger charge is 2.07. The molecule has 0 heterocycles. The van der Waals surface area contributed by atoms with E-state index < -0.39 is 0 Å². The van der Waals surface area contributed by atoms with Crippen LogP contribution in [-0.4, -0.2) is 31.2 Å². The number of carbonyl (C=O) groups excluding carboxylic acids is 1. The van der Waals surface area contributed by atoms with E-state index in [4.69, 9.17) is 0 Å². The van der Waals surface area contributed by atoms with Crippen molar-refractivity contribution < 1.29 is 9.53 Å². The van der Waals surface area contributed by atoms with Crippen LogP contribution in [0.25, 0.3) is 0 Å². The van der Waals surface area contributed by atoms with Crippen LogP contribution in [0.5, 0.6) is 0 Å². The Balaban J connectivity index is 3.79. The first kappa shape index (κ1) is 9.01. The van der Waals surface area contributed by atoms with Crippen molar-refractivity contribution in [1.29, 1.82) is 0 Å². The summed E-state index contributed by atoms with van der Waals surface area (Å²) in [6.07, 6.45) is 1.36. The lowest BCUT2D eigenvalue weighted by Crippen LogP contribution is -2.30. The molecule has 0 saturated carbocycles. The first-order valence-electron chi connectivity index (χ1n) is 3.20. The molecule has 3 heteroatoms. The van der Waals surface area contributed by atoms with E-state index in [1.165, 1.54) is 7.11 Å². The van der Waals surface area contributed by atoms with Crippen molar-refractivity contribution in [2.45, 2.75) is 6.92 Å². The van der Waals surface area contributed by atoms with E-state index in [0.717, 1.165) is 0 Å². The highest BCUT2D eigenvalue weighted by molar-refractivity contribution is 5.67. The minimum absolute atomic E-state index is 0.303. The molecule has 0 aromatic carbocycles. The number of likely N-dealkylation sites (N-methyl/N-ethyl adjacent to an activating group) is 1.